The Morgan fingerprint density at radius 3 is 1.78 bits per heavy atom. The Balaban J connectivity index is 3.22. The van der Waals surface area contributed by atoms with Crippen LogP contribution < -0.4 is 16.4 Å². The van der Waals surface area contributed by atoms with Gasteiger partial charge >= 0.3 is 13.2 Å². The molecule has 1 rings (SSSR count). The van der Waals surface area contributed by atoms with Gasteiger partial charge in [-0.15, -0.1) is 0 Å². The van der Waals surface area contributed by atoms with E-state index in [1.54, 1.807) is 30.3 Å². The number of carbonyl (C=O) groups is 5. The molecule has 17 heteroatoms. The van der Waals surface area contributed by atoms with Gasteiger partial charge in [-0.2, -0.15) is 0 Å². The van der Waals surface area contributed by atoms with E-state index in [0.29, 0.717) is 24.9 Å². The first-order valence-corrected chi connectivity index (χ1v) is 17.4. The first-order chi connectivity index (χ1) is 24.0. The number of hydrogen-bond acceptors (Lipinski definition) is 11. The monoisotopic (exact) mass is 722 g/mol. The van der Waals surface area contributed by atoms with Crippen LogP contribution in [0.4, 0.5) is 4.79 Å². The zero-order valence-electron chi connectivity index (χ0n) is 31.0. The summed E-state index contributed by atoms with van der Waals surface area (Å²) >= 11 is 0. The molecule has 0 saturated carbocycles. The summed E-state index contributed by atoms with van der Waals surface area (Å²) in [7, 11) is 2.01. The van der Waals surface area contributed by atoms with Crippen LogP contribution in [0.15, 0.2) is 30.3 Å². The number of amides is 5. The van der Waals surface area contributed by atoms with Crippen molar-refractivity contribution in [2.45, 2.75) is 96.5 Å². The fourth-order valence-corrected chi connectivity index (χ4v) is 5.46. The molecule has 0 heterocycles. The second kappa shape index (κ2) is 22.9. The van der Waals surface area contributed by atoms with Gasteiger partial charge in [0.2, 0.25) is 23.6 Å². The third-order valence-electron chi connectivity index (χ3n) is 8.49. The molecule has 0 spiro atoms. The second-order valence-electron chi connectivity index (χ2n) is 13.6. The molecule has 5 atom stereocenters. The summed E-state index contributed by atoms with van der Waals surface area (Å²) in [5.74, 6) is -3.95. The number of ether oxygens (including phenoxy) is 1. The van der Waals surface area contributed by atoms with Crippen molar-refractivity contribution in [1.82, 2.24) is 25.3 Å². The largest absolute Gasteiger partial charge is 0.475 e. The lowest BCUT2D eigenvalue weighted by Gasteiger charge is -2.36. The fraction of sp³-hybridized carbons (Fsp3) is 0.676. The van der Waals surface area contributed by atoms with Crippen LogP contribution in [0.25, 0.3) is 0 Å². The quantitative estimate of drug-likeness (QED) is 0.0593. The molecule has 16 nitrogen and oxygen atoms in total. The summed E-state index contributed by atoms with van der Waals surface area (Å²) in [5.41, 5.74) is 6.38. The van der Waals surface area contributed by atoms with Crippen molar-refractivity contribution < 1.29 is 49.0 Å². The molecule has 51 heavy (non-hydrogen) atoms. The Bertz CT molecular complexity index is 1240. The summed E-state index contributed by atoms with van der Waals surface area (Å²) in [5, 5.41) is 45.4. The zero-order chi connectivity index (χ0) is 38.8. The number of hydrogen-bond donors (Lipinski definition) is 7. The van der Waals surface area contributed by atoms with Crippen LogP contribution in [0.1, 0.15) is 65.4 Å². The van der Waals surface area contributed by atoms with Crippen molar-refractivity contribution in [3.8, 4) is 0 Å². The molecule has 0 aliphatic carbocycles. The third-order valence-corrected chi connectivity index (χ3v) is 8.49. The maximum Gasteiger partial charge on any atom is 0.475 e. The van der Waals surface area contributed by atoms with E-state index in [4.69, 9.17) is 10.5 Å². The van der Waals surface area contributed by atoms with E-state index >= 15 is 0 Å². The molecule has 5 amide bonds. The van der Waals surface area contributed by atoms with Gasteiger partial charge in [-0.05, 0) is 56.0 Å². The molecule has 0 aromatic heterocycles. The molecule has 1 aromatic rings. The average molecular weight is 723 g/mol. The number of nitrogens with one attached hydrogen (secondary N) is 2. The van der Waals surface area contributed by atoms with Gasteiger partial charge in [-0.25, -0.2) is 4.79 Å². The zero-order valence-corrected chi connectivity index (χ0v) is 31.0. The fourth-order valence-electron chi connectivity index (χ4n) is 5.46. The van der Waals surface area contributed by atoms with Gasteiger partial charge in [-0.3, -0.25) is 24.1 Å². The summed E-state index contributed by atoms with van der Waals surface area (Å²) < 4.78 is 5.28. The number of aliphatic hydroxyl groups is 2. The molecule has 0 fully saturated rings. The highest BCUT2D eigenvalue weighted by molar-refractivity contribution is 6.43. The normalized spacial score (nSPS) is 14.2. The minimum absolute atomic E-state index is 0.0350. The summed E-state index contributed by atoms with van der Waals surface area (Å²) in [6.45, 7) is 6.02. The van der Waals surface area contributed by atoms with Crippen LogP contribution in [0.3, 0.4) is 0 Å². The van der Waals surface area contributed by atoms with Crippen LogP contribution in [0.2, 0.25) is 0 Å². The highest BCUT2D eigenvalue weighted by Gasteiger charge is 2.39. The van der Waals surface area contributed by atoms with Gasteiger partial charge in [0.05, 0.1) is 19.2 Å². The van der Waals surface area contributed by atoms with Crippen LogP contribution >= 0.6 is 0 Å². The summed E-state index contributed by atoms with van der Waals surface area (Å²) in [4.78, 5) is 70.2. The molecule has 0 bridgehead atoms. The van der Waals surface area contributed by atoms with E-state index in [2.05, 4.69) is 10.6 Å². The van der Waals surface area contributed by atoms with Gasteiger partial charge < -0.3 is 51.2 Å². The Morgan fingerprint density at radius 2 is 1.29 bits per heavy atom. The van der Waals surface area contributed by atoms with E-state index in [1.165, 1.54) is 21.1 Å². The molecule has 288 valence electrons. The van der Waals surface area contributed by atoms with Gasteiger partial charge in [0.15, 0.2) is 0 Å². The molecule has 8 N–H and O–H groups in total. The minimum atomic E-state index is -1.82. The Hall–Kier alpha value is -3.77. The number of nitrogens with zero attached hydrogens (tertiary/aromatic N) is 3. The van der Waals surface area contributed by atoms with Crippen molar-refractivity contribution in [1.29, 1.82) is 0 Å². The number of aliphatic hydroxyl groups excluding tert-OH is 2. The first kappa shape index (κ1) is 45.3. The Morgan fingerprint density at radius 1 is 0.765 bits per heavy atom. The van der Waals surface area contributed by atoms with Crippen LogP contribution in [-0.2, 0) is 30.5 Å². The van der Waals surface area contributed by atoms with E-state index in [1.807, 2.05) is 27.7 Å². The third kappa shape index (κ3) is 14.8. The lowest BCUT2D eigenvalue weighted by Crippen LogP contribution is -2.60. The highest BCUT2D eigenvalue weighted by Crippen LogP contribution is 2.16. The smallest absolute Gasteiger partial charge is 0.445 e. The van der Waals surface area contributed by atoms with Gasteiger partial charge in [0, 0.05) is 21.1 Å². The van der Waals surface area contributed by atoms with Crippen molar-refractivity contribution in [3.05, 3.63) is 35.9 Å². The van der Waals surface area contributed by atoms with E-state index in [-0.39, 0.29) is 37.7 Å². The van der Waals surface area contributed by atoms with E-state index in [9.17, 15) is 44.2 Å². The first-order valence-electron chi connectivity index (χ1n) is 17.4. The number of carbonyl (C=O) groups excluding carboxylic acids is 5. The molecule has 0 aliphatic heterocycles. The van der Waals surface area contributed by atoms with E-state index < -0.39 is 80.2 Å². The van der Waals surface area contributed by atoms with Crippen LogP contribution in [0, 0.1) is 11.8 Å². The number of rotatable bonds is 22. The maximum atomic E-state index is 13.9. The van der Waals surface area contributed by atoms with Crippen LogP contribution in [-0.4, -0.2) is 143 Å². The van der Waals surface area contributed by atoms with E-state index in [0.717, 1.165) is 14.7 Å². The standard InChI is InChI=1S/C34H59BN6O10/c1-22(2)17-25(30(44)38-29(35(49)50)18-23(3)4)37-31(45)26(15-11-12-16-36)39(5)32(46)27(19-42)40(6)33(47)28(20-43)41(7)34(48)51-21-24-13-9-8-10-14-24/h8-10,13-14,22-23,25-29,42-43,49-50H,11-12,15-21,36H2,1-7H3,(H,37,45)(H,38,44)/t25-,26-,27-,28-,29-/m0/s1. The average Bonchev–Trinajstić information content (AvgIpc) is 3.08. The minimum Gasteiger partial charge on any atom is -0.445 e. The molecule has 0 aliphatic rings. The predicted molar refractivity (Wildman–Crippen MR) is 191 cm³/mol. The highest BCUT2D eigenvalue weighted by atomic mass is 16.6. The van der Waals surface area contributed by atoms with Crippen molar-refractivity contribution >= 4 is 36.8 Å². The molecule has 0 unspecified atom stereocenters. The lowest BCUT2D eigenvalue weighted by molar-refractivity contribution is -0.151. The summed E-state index contributed by atoms with van der Waals surface area (Å²) in [6, 6.07) is 3.65. The SMILES string of the molecule is CC(C)C[C@H](NC(=O)[C@H](CC(C)C)NC(=O)[C@H](CCCCN)N(C)C(=O)[C@H](CO)N(C)C(=O)[C@H](CO)N(C)C(=O)OCc1ccccc1)B(O)O. The lowest BCUT2D eigenvalue weighted by atomic mass is 9.75. The van der Waals surface area contributed by atoms with Gasteiger partial charge in [0.25, 0.3) is 0 Å². The van der Waals surface area contributed by atoms with Gasteiger partial charge in [-0.1, -0.05) is 58.0 Å². The van der Waals surface area contributed by atoms with Crippen molar-refractivity contribution in [2.75, 3.05) is 40.9 Å². The molecule has 0 radical (unpaired) electrons. The summed E-state index contributed by atoms with van der Waals surface area (Å²) in [6.07, 6.45) is 0.686. The molecular formula is C34H59BN6O10. The van der Waals surface area contributed by atoms with Crippen molar-refractivity contribution in [2.24, 2.45) is 17.6 Å². The molecular weight excluding hydrogens is 663 g/mol. The number of nitrogens with two attached hydrogens (primary N) is 1. The second-order valence-corrected chi connectivity index (χ2v) is 13.6. The van der Waals surface area contributed by atoms with Gasteiger partial charge in [0.1, 0.15) is 30.8 Å². The number of benzene rings is 1. The number of unbranched alkanes of at least 4 members (excludes halogenated alkanes) is 1. The maximum absolute atomic E-state index is 13.9. The Kier molecular flexibility index (Phi) is 20.3. The topological polar surface area (TPSA) is 235 Å². The Labute approximate surface area is 301 Å². The van der Waals surface area contributed by atoms with Crippen molar-refractivity contribution in [3.63, 3.8) is 0 Å². The van der Waals surface area contributed by atoms with Crippen LogP contribution in [0.5, 0.6) is 0 Å². The molecule has 1 aromatic carbocycles. The number of likely N-dealkylation sites (N-methyl/N-ethyl adjacent to an activating group) is 3. The predicted octanol–water partition coefficient (Wildman–Crippen LogP) is -0.535. The molecule has 0 saturated heterocycles.